The molecule has 0 unspecified atom stereocenters. The monoisotopic (exact) mass is 188 g/mol. The Bertz CT molecular complexity index is 273. The van der Waals surface area contributed by atoms with Crippen LogP contribution in [0, 0.1) is 5.13 Å². The minimum absolute atomic E-state index is 0.0413. The van der Waals surface area contributed by atoms with Gasteiger partial charge in [-0.25, -0.2) is 0 Å². The van der Waals surface area contributed by atoms with E-state index in [1.165, 1.54) is 6.07 Å². The average Bonchev–Trinajstić information content (AvgIpc) is 2.29. The van der Waals surface area contributed by atoms with Crippen LogP contribution in [0.25, 0.3) is 0 Å². The predicted molar refractivity (Wildman–Crippen MR) is 49.5 cm³/mol. The SMILES string of the molecule is COc1cc(F)sc1C(C)(C)C. The number of ether oxygens (including phenoxy) is 1. The summed E-state index contributed by atoms with van der Waals surface area (Å²) < 4.78 is 17.9. The third-order valence-electron chi connectivity index (χ3n) is 1.57. The molecule has 1 aromatic rings. The molecule has 0 atom stereocenters. The molecule has 1 nitrogen and oxygen atoms in total. The summed E-state index contributed by atoms with van der Waals surface area (Å²) in [7, 11) is 1.57. The van der Waals surface area contributed by atoms with Crippen molar-refractivity contribution in [1.82, 2.24) is 0 Å². The summed E-state index contributed by atoms with van der Waals surface area (Å²) in [5, 5.41) is -0.184. The van der Waals surface area contributed by atoms with Crippen LogP contribution in [-0.2, 0) is 5.41 Å². The van der Waals surface area contributed by atoms with Gasteiger partial charge in [0.1, 0.15) is 5.75 Å². The van der Waals surface area contributed by atoms with Gasteiger partial charge in [0.25, 0.3) is 0 Å². The molecule has 0 N–H and O–H groups in total. The van der Waals surface area contributed by atoms with Crippen LogP contribution in [0.2, 0.25) is 0 Å². The molecule has 0 aromatic carbocycles. The van der Waals surface area contributed by atoms with E-state index in [1.54, 1.807) is 7.11 Å². The Morgan fingerprint density at radius 1 is 1.42 bits per heavy atom. The van der Waals surface area contributed by atoms with Gasteiger partial charge in [-0.05, 0) is 0 Å². The molecule has 0 fully saturated rings. The molecule has 0 radical (unpaired) electrons. The number of hydrogen-bond acceptors (Lipinski definition) is 2. The Morgan fingerprint density at radius 2 is 2.00 bits per heavy atom. The van der Waals surface area contributed by atoms with E-state index < -0.39 is 0 Å². The van der Waals surface area contributed by atoms with E-state index in [-0.39, 0.29) is 10.5 Å². The molecule has 0 saturated heterocycles. The Morgan fingerprint density at radius 3 is 2.33 bits per heavy atom. The zero-order chi connectivity index (χ0) is 9.35. The molecule has 0 saturated carbocycles. The summed E-state index contributed by atoms with van der Waals surface area (Å²) in [6.45, 7) is 6.13. The van der Waals surface area contributed by atoms with Crippen molar-refractivity contribution in [2.45, 2.75) is 26.2 Å². The average molecular weight is 188 g/mol. The molecule has 0 aliphatic carbocycles. The van der Waals surface area contributed by atoms with Crippen molar-refractivity contribution in [1.29, 1.82) is 0 Å². The second-order valence-corrected chi connectivity index (χ2v) is 4.70. The van der Waals surface area contributed by atoms with Gasteiger partial charge in [-0.3, -0.25) is 0 Å². The van der Waals surface area contributed by atoms with Crippen LogP contribution in [-0.4, -0.2) is 7.11 Å². The fourth-order valence-electron chi connectivity index (χ4n) is 1.02. The van der Waals surface area contributed by atoms with E-state index in [9.17, 15) is 4.39 Å². The number of hydrogen-bond donors (Lipinski definition) is 0. The maximum Gasteiger partial charge on any atom is 0.180 e. The van der Waals surface area contributed by atoms with Crippen LogP contribution in [0.4, 0.5) is 4.39 Å². The lowest BCUT2D eigenvalue weighted by atomic mass is 9.94. The van der Waals surface area contributed by atoms with Crippen molar-refractivity contribution < 1.29 is 9.13 Å². The van der Waals surface area contributed by atoms with Crippen LogP contribution in [0.1, 0.15) is 25.6 Å². The van der Waals surface area contributed by atoms with E-state index >= 15 is 0 Å². The van der Waals surface area contributed by atoms with Crippen molar-refractivity contribution in [2.75, 3.05) is 7.11 Å². The predicted octanol–water partition coefficient (Wildman–Crippen LogP) is 3.19. The van der Waals surface area contributed by atoms with Gasteiger partial charge in [0.15, 0.2) is 5.13 Å². The van der Waals surface area contributed by atoms with Gasteiger partial charge in [-0.2, -0.15) is 4.39 Å². The highest BCUT2D eigenvalue weighted by Crippen LogP contribution is 2.37. The van der Waals surface area contributed by atoms with Crippen molar-refractivity contribution in [3.63, 3.8) is 0 Å². The molecule has 1 heterocycles. The molecular formula is C9H13FOS. The first kappa shape index (κ1) is 9.52. The highest BCUT2D eigenvalue weighted by Gasteiger charge is 2.22. The van der Waals surface area contributed by atoms with Gasteiger partial charge in [0.05, 0.1) is 12.0 Å². The summed E-state index contributed by atoms with van der Waals surface area (Å²) in [4.78, 5) is 0.961. The number of methoxy groups -OCH3 is 1. The minimum Gasteiger partial charge on any atom is -0.495 e. The molecular weight excluding hydrogens is 175 g/mol. The summed E-state index contributed by atoms with van der Waals surface area (Å²) in [6.07, 6.45) is 0. The molecule has 0 spiro atoms. The molecule has 0 bridgehead atoms. The first-order chi connectivity index (χ1) is 5.45. The van der Waals surface area contributed by atoms with Crippen molar-refractivity contribution in [3.8, 4) is 5.75 Å². The van der Waals surface area contributed by atoms with Gasteiger partial charge in [0.2, 0.25) is 0 Å². The Hall–Kier alpha value is -0.570. The number of thiophene rings is 1. The van der Waals surface area contributed by atoms with Gasteiger partial charge >= 0.3 is 0 Å². The molecule has 68 valence electrons. The highest BCUT2D eigenvalue weighted by molar-refractivity contribution is 7.10. The van der Waals surface area contributed by atoms with E-state index in [1.807, 2.05) is 20.8 Å². The van der Waals surface area contributed by atoms with E-state index in [0.717, 1.165) is 16.2 Å². The fourth-order valence-corrected chi connectivity index (χ4v) is 1.93. The Balaban J connectivity index is 3.13. The molecule has 0 aliphatic heterocycles. The molecule has 1 rings (SSSR count). The van der Waals surface area contributed by atoms with Gasteiger partial charge in [-0.15, -0.1) is 11.3 Å². The fraction of sp³-hybridized carbons (Fsp3) is 0.556. The number of halogens is 1. The second kappa shape index (κ2) is 3.05. The first-order valence-electron chi connectivity index (χ1n) is 3.79. The molecule has 1 aromatic heterocycles. The Kier molecular flexibility index (Phi) is 2.42. The molecule has 0 amide bonds. The third kappa shape index (κ3) is 1.78. The number of rotatable bonds is 1. The Labute approximate surface area is 76.2 Å². The standard InChI is InChI=1S/C9H13FOS/c1-9(2,3)8-6(11-4)5-7(10)12-8/h5H,1-4H3. The van der Waals surface area contributed by atoms with Crippen molar-refractivity contribution >= 4 is 11.3 Å². The quantitative estimate of drug-likeness (QED) is 0.657. The van der Waals surface area contributed by atoms with Gasteiger partial charge in [0, 0.05) is 11.5 Å². The first-order valence-corrected chi connectivity index (χ1v) is 4.60. The van der Waals surface area contributed by atoms with E-state index in [4.69, 9.17) is 4.74 Å². The second-order valence-electron chi connectivity index (χ2n) is 3.70. The molecule has 0 aliphatic rings. The minimum atomic E-state index is -0.184. The summed E-state index contributed by atoms with van der Waals surface area (Å²) in [5.41, 5.74) is -0.0413. The van der Waals surface area contributed by atoms with Crippen LogP contribution in [0.5, 0.6) is 5.75 Å². The largest absolute Gasteiger partial charge is 0.495 e. The van der Waals surface area contributed by atoms with Crippen LogP contribution >= 0.6 is 11.3 Å². The van der Waals surface area contributed by atoms with E-state index in [2.05, 4.69) is 0 Å². The zero-order valence-corrected chi connectivity index (χ0v) is 8.59. The summed E-state index contributed by atoms with van der Waals surface area (Å²) >= 11 is 1.15. The van der Waals surface area contributed by atoms with Crippen LogP contribution in [0.3, 0.4) is 0 Å². The van der Waals surface area contributed by atoms with Gasteiger partial charge < -0.3 is 4.74 Å². The molecule has 3 heteroatoms. The smallest absolute Gasteiger partial charge is 0.180 e. The third-order valence-corrected chi connectivity index (χ3v) is 2.90. The lowest BCUT2D eigenvalue weighted by Gasteiger charge is -2.17. The van der Waals surface area contributed by atoms with Gasteiger partial charge in [-0.1, -0.05) is 20.8 Å². The highest BCUT2D eigenvalue weighted by atomic mass is 32.1. The van der Waals surface area contributed by atoms with Crippen molar-refractivity contribution in [2.24, 2.45) is 0 Å². The topological polar surface area (TPSA) is 9.23 Å². The van der Waals surface area contributed by atoms with Crippen molar-refractivity contribution in [3.05, 3.63) is 16.1 Å². The maximum atomic E-state index is 12.8. The maximum absolute atomic E-state index is 12.8. The zero-order valence-electron chi connectivity index (χ0n) is 7.77. The van der Waals surface area contributed by atoms with Crippen LogP contribution < -0.4 is 4.74 Å². The summed E-state index contributed by atoms with van der Waals surface area (Å²) in [6, 6.07) is 1.44. The lowest BCUT2D eigenvalue weighted by Crippen LogP contribution is -2.09. The normalized spacial score (nSPS) is 11.8. The van der Waals surface area contributed by atoms with E-state index in [0.29, 0.717) is 5.75 Å². The molecule has 12 heavy (non-hydrogen) atoms. The lowest BCUT2D eigenvalue weighted by molar-refractivity contribution is 0.401. The summed E-state index contributed by atoms with van der Waals surface area (Å²) in [5.74, 6) is 0.657. The van der Waals surface area contributed by atoms with Crippen LogP contribution in [0.15, 0.2) is 6.07 Å².